The molecule has 7 nitrogen and oxygen atoms in total. The van der Waals surface area contributed by atoms with Crippen LogP contribution in [0, 0.1) is 18.2 Å². The van der Waals surface area contributed by atoms with E-state index in [1.807, 2.05) is 0 Å². The molecule has 1 saturated carbocycles. The van der Waals surface area contributed by atoms with E-state index in [-0.39, 0.29) is 17.8 Å². The summed E-state index contributed by atoms with van der Waals surface area (Å²) >= 11 is 0. The van der Waals surface area contributed by atoms with Crippen LogP contribution in [0.3, 0.4) is 0 Å². The van der Waals surface area contributed by atoms with Crippen molar-refractivity contribution in [3.8, 4) is 0 Å². The van der Waals surface area contributed by atoms with E-state index in [0.717, 1.165) is 0 Å². The second kappa shape index (κ2) is 7.75. The third-order valence-electron chi connectivity index (χ3n) is 5.41. The first-order valence-electron chi connectivity index (χ1n) is 9.57. The molecule has 6 N–H and O–H groups in total. The number of primary amides is 1. The molecule has 30 heavy (non-hydrogen) atoms. The largest absolute Gasteiger partial charge is 0.365 e. The van der Waals surface area contributed by atoms with Gasteiger partial charge in [-0.1, -0.05) is 0 Å². The maximum atomic E-state index is 13.6. The minimum atomic E-state index is -2.77. The number of amides is 3. The normalized spacial score (nSPS) is 21.4. The van der Waals surface area contributed by atoms with Crippen LogP contribution in [0.5, 0.6) is 0 Å². The fourth-order valence-electron chi connectivity index (χ4n) is 4.00. The Labute approximate surface area is 172 Å². The van der Waals surface area contributed by atoms with Gasteiger partial charge in [0.05, 0.1) is 30.9 Å². The number of alkyl halides is 2. The Kier molecular flexibility index (Phi) is 5.64. The van der Waals surface area contributed by atoms with Gasteiger partial charge in [-0.25, -0.2) is 18.0 Å². The van der Waals surface area contributed by atoms with Gasteiger partial charge in [-0.2, -0.15) is 0 Å². The van der Waals surface area contributed by atoms with Crippen LogP contribution in [0.4, 0.5) is 18.0 Å². The van der Waals surface area contributed by atoms with Gasteiger partial charge in [0.15, 0.2) is 0 Å². The van der Waals surface area contributed by atoms with Crippen molar-refractivity contribution in [3.63, 3.8) is 0 Å². The number of benzene rings is 1. The molecule has 162 valence electrons. The van der Waals surface area contributed by atoms with Crippen LogP contribution in [0.2, 0.25) is 0 Å². The fourth-order valence-corrected chi connectivity index (χ4v) is 4.00. The number of hydrogen-bond acceptors (Lipinski definition) is 3. The topological polar surface area (TPSA) is 116 Å². The van der Waals surface area contributed by atoms with Gasteiger partial charge in [-0.15, -0.1) is 0 Å². The molecule has 0 bridgehead atoms. The molecule has 0 atom stereocenters. The highest BCUT2D eigenvalue weighted by molar-refractivity contribution is 6.26. The Hall–Kier alpha value is -2.88. The average Bonchev–Trinajstić information content (AvgIpc) is 2.62. The molecule has 1 aliphatic heterocycles. The van der Waals surface area contributed by atoms with E-state index in [0.29, 0.717) is 29.9 Å². The van der Waals surface area contributed by atoms with Crippen molar-refractivity contribution in [2.75, 3.05) is 19.6 Å². The summed E-state index contributed by atoms with van der Waals surface area (Å²) in [5, 5.41) is 12.8. The number of rotatable bonds is 4. The Morgan fingerprint density at radius 3 is 2.53 bits per heavy atom. The van der Waals surface area contributed by atoms with Gasteiger partial charge in [-0.05, 0) is 37.6 Å². The van der Waals surface area contributed by atoms with E-state index < -0.39 is 42.1 Å². The standard InChI is InChI=1S/C20H24F3N5O2/c1-11-7-12(3-4-13(11)21)16(24)15(17(25)29)14-8-28(6-5-26-14)18(30)27-19(2)9-20(22,23)10-19/h3-4,7,24,26H,5-6,8-10H2,1-2H3,(H2,25,29)(H,27,30)/p+1. The Balaban J connectivity index is 1.80. The van der Waals surface area contributed by atoms with Gasteiger partial charge in [0, 0.05) is 18.4 Å². The molecule has 0 radical (unpaired) electrons. The first-order chi connectivity index (χ1) is 13.9. The number of piperazine rings is 1. The zero-order chi connectivity index (χ0) is 22.3. The number of quaternary nitrogens is 1. The van der Waals surface area contributed by atoms with Crippen LogP contribution in [0.25, 0.3) is 0 Å². The van der Waals surface area contributed by atoms with Crippen molar-refractivity contribution >= 4 is 17.6 Å². The van der Waals surface area contributed by atoms with E-state index in [1.54, 1.807) is 19.2 Å². The predicted octanol–water partition coefficient (Wildman–Crippen LogP) is 1.02. The lowest BCUT2D eigenvalue weighted by atomic mass is 9.75. The zero-order valence-electron chi connectivity index (χ0n) is 16.8. The Bertz CT molecular complexity index is 936. The Morgan fingerprint density at radius 1 is 1.30 bits per heavy atom. The summed E-state index contributed by atoms with van der Waals surface area (Å²) in [6, 6.07) is 3.54. The number of hydrogen-bond donors (Lipinski definition) is 4. The van der Waals surface area contributed by atoms with E-state index in [9.17, 15) is 22.8 Å². The molecule has 2 fully saturated rings. The number of urea groups is 1. The fraction of sp³-hybridized carbons (Fsp3) is 0.450. The molecule has 3 amide bonds. The Morgan fingerprint density at radius 2 is 1.97 bits per heavy atom. The van der Waals surface area contributed by atoms with Crippen molar-refractivity contribution < 1.29 is 28.1 Å². The van der Waals surface area contributed by atoms with Gasteiger partial charge in [0.25, 0.3) is 11.8 Å². The van der Waals surface area contributed by atoms with E-state index in [1.165, 1.54) is 23.1 Å². The zero-order valence-corrected chi connectivity index (χ0v) is 16.8. The second-order valence-corrected chi connectivity index (χ2v) is 8.22. The molecule has 10 heteroatoms. The van der Waals surface area contributed by atoms with Crippen LogP contribution in [0.15, 0.2) is 29.5 Å². The van der Waals surface area contributed by atoms with Gasteiger partial charge < -0.3 is 21.3 Å². The van der Waals surface area contributed by atoms with Gasteiger partial charge in [-0.3, -0.25) is 10.2 Å². The average molecular weight is 424 g/mol. The molecule has 0 spiro atoms. The molecule has 2 aliphatic rings. The highest BCUT2D eigenvalue weighted by Crippen LogP contribution is 2.45. The molecule has 1 aromatic carbocycles. The molecule has 3 rings (SSSR count). The number of aryl methyl sites for hydroxylation is 1. The number of nitrogens with two attached hydrogens (primary N) is 2. The summed E-state index contributed by atoms with van der Waals surface area (Å²) < 4.78 is 40.0. The first-order valence-corrected chi connectivity index (χ1v) is 9.57. The molecular formula is C20H25F3N5O2+. The van der Waals surface area contributed by atoms with Crippen molar-refractivity contribution in [2.45, 2.75) is 38.2 Å². The molecule has 1 saturated heterocycles. The van der Waals surface area contributed by atoms with Crippen molar-refractivity contribution in [1.29, 1.82) is 5.41 Å². The van der Waals surface area contributed by atoms with Gasteiger partial charge >= 0.3 is 6.03 Å². The van der Waals surface area contributed by atoms with Crippen LogP contribution in [0.1, 0.15) is 30.9 Å². The number of halogens is 3. The predicted molar refractivity (Wildman–Crippen MR) is 104 cm³/mol. The number of carbonyl (C=O) groups is 2. The number of carbonyl (C=O) groups excluding carboxylic acids is 2. The minimum Gasteiger partial charge on any atom is -0.365 e. The quantitative estimate of drug-likeness (QED) is 0.427. The molecular weight excluding hydrogens is 399 g/mol. The summed E-state index contributed by atoms with van der Waals surface area (Å²) in [5.41, 5.74) is 5.38. The van der Waals surface area contributed by atoms with Crippen LogP contribution >= 0.6 is 0 Å². The maximum Gasteiger partial charge on any atom is 0.318 e. The molecule has 0 aromatic heterocycles. The molecule has 0 unspecified atom stereocenters. The van der Waals surface area contributed by atoms with E-state index >= 15 is 0 Å². The van der Waals surface area contributed by atoms with E-state index in [2.05, 4.69) is 5.32 Å². The third kappa shape index (κ3) is 4.48. The van der Waals surface area contributed by atoms with Crippen LogP contribution in [-0.4, -0.2) is 53.6 Å². The summed E-state index contributed by atoms with van der Waals surface area (Å²) in [6.07, 6.45) is -0.842. The van der Waals surface area contributed by atoms with Crippen molar-refractivity contribution in [3.05, 3.63) is 46.4 Å². The highest BCUT2D eigenvalue weighted by Gasteiger charge is 2.54. The summed E-state index contributed by atoms with van der Waals surface area (Å²) in [6.45, 7) is 3.89. The maximum absolute atomic E-state index is 13.6. The van der Waals surface area contributed by atoms with Gasteiger partial charge in [0.2, 0.25) is 0 Å². The van der Waals surface area contributed by atoms with Crippen LogP contribution in [-0.2, 0) is 4.79 Å². The third-order valence-corrected chi connectivity index (χ3v) is 5.41. The summed E-state index contributed by atoms with van der Waals surface area (Å²) in [7, 11) is 0. The smallest absolute Gasteiger partial charge is 0.318 e. The monoisotopic (exact) mass is 424 g/mol. The lowest BCUT2D eigenvalue weighted by Crippen LogP contribution is -2.88. The molecule has 1 aliphatic carbocycles. The van der Waals surface area contributed by atoms with Crippen molar-refractivity contribution in [1.82, 2.24) is 10.2 Å². The lowest BCUT2D eigenvalue weighted by Gasteiger charge is -2.46. The molecule has 1 aromatic rings. The second-order valence-electron chi connectivity index (χ2n) is 8.22. The SMILES string of the molecule is Cc1cc(C(=N)C(C(N)=O)=C2CN(C(=O)NC3(C)CC(F)(F)C3)CC[NH2+]2)ccc1F. The number of nitrogens with one attached hydrogen (secondary N) is 2. The minimum absolute atomic E-state index is 0.0130. The van der Waals surface area contributed by atoms with E-state index in [4.69, 9.17) is 11.1 Å². The van der Waals surface area contributed by atoms with Crippen molar-refractivity contribution in [2.24, 2.45) is 5.73 Å². The number of nitrogens with zero attached hydrogens (tertiary/aromatic N) is 1. The highest BCUT2D eigenvalue weighted by atomic mass is 19.3. The first kappa shape index (κ1) is 21.8. The molecule has 1 heterocycles. The summed E-state index contributed by atoms with van der Waals surface area (Å²) in [5.74, 6) is -4.03. The lowest BCUT2D eigenvalue weighted by molar-refractivity contribution is -0.615. The summed E-state index contributed by atoms with van der Waals surface area (Å²) in [4.78, 5) is 26.1. The van der Waals surface area contributed by atoms with Gasteiger partial charge in [0.1, 0.15) is 17.1 Å². The van der Waals surface area contributed by atoms with Crippen LogP contribution < -0.4 is 16.4 Å².